The molecule has 1 saturated heterocycles. The van der Waals surface area contributed by atoms with Gasteiger partial charge in [0.2, 0.25) is 0 Å². The second-order valence-corrected chi connectivity index (χ2v) is 6.03. The van der Waals surface area contributed by atoms with Crippen molar-refractivity contribution in [1.29, 1.82) is 0 Å². The lowest BCUT2D eigenvalue weighted by Crippen LogP contribution is -2.16. The van der Waals surface area contributed by atoms with Crippen molar-refractivity contribution in [3.05, 3.63) is 29.5 Å². The first-order chi connectivity index (χ1) is 10.2. The molecule has 1 aliphatic heterocycles. The molecule has 1 aromatic carbocycles. The Balaban J connectivity index is 1.91. The van der Waals surface area contributed by atoms with Gasteiger partial charge in [0.25, 0.3) is 0 Å². The van der Waals surface area contributed by atoms with Crippen LogP contribution >= 0.6 is 0 Å². The van der Waals surface area contributed by atoms with Gasteiger partial charge in [0, 0.05) is 6.61 Å². The summed E-state index contributed by atoms with van der Waals surface area (Å²) in [5.41, 5.74) is 3.42. The number of rotatable bonds is 5. The fourth-order valence-corrected chi connectivity index (χ4v) is 3.02. The maximum atomic E-state index is 6.08. The first kappa shape index (κ1) is 14.5. The zero-order chi connectivity index (χ0) is 14.8. The number of hydrogen-bond acceptors (Lipinski definition) is 3. The molecule has 2 atom stereocenters. The molecule has 1 fully saturated rings. The van der Waals surface area contributed by atoms with Gasteiger partial charge in [0.1, 0.15) is 17.9 Å². The van der Waals surface area contributed by atoms with E-state index in [2.05, 4.69) is 26.8 Å². The van der Waals surface area contributed by atoms with E-state index < -0.39 is 0 Å². The smallest absolute Gasteiger partial charge is 0.141 e. The molecule has 114 valence electrons. The molecule has 3 heteroatoms. The average molecular weight is 288 g/mol. The zero-order valence-electron chi connectivity index (χ0n) is 13.1. The summed E-state index contributed by atoms with van der Waals surface area (Å²) in [5.74, 6) is 1.44. The molecule has 0 radical (unpaired) electrons. The van der Waals surface area contributed by atoms with Crippen molar-refractivity contribution in [2.24, 2.45) is 0 Å². The molecule has 2 aromatic rings. The number of furan rings is 1. The largest absolute Gasteiger partial charge is 0.490 e. The van der Waals surface area contributed by atoms with Gasteiger partial charge >= 0.3 is 0 Å². The van der Waals surface area contributed by atoms with Gasteiger partial charge in [0.05, 0.1) is 17.8 Å². The highest BCUT2D eigenvalue weighted by Gasteiger charge is 2.20. The Bertz CT molecular complexity index is 608. The lowest BCUT2D eigenvalue weighted by atomic mass is 9.94. The molecule has 0 N–H and O–H groups in total. The van der Waals surface area contributed by atoms with Gasteiger partial charge in [-0.05, 0) is 55.4 Å². The number of hydrogen-bond donors (Lipinski definition) is 0. The lowest BCUT2D eigenvalue weighted by Gasteiger charge is -2.17. The monoisotopic (exact) mass is 288 g/mol. The maximum absolute atomic E-state index is 6.08. The first-order valence-electron chi connectivity index (χ1n) is 7.95. The molecule has 0 saturated carbocycles. The molecule has 3 rings (SSSR count). The van der Waals surface area contributed by atoms with E-state index in [0.717, 1.165) is 42.6 Å². The van der Waals surface area contributed by atoms with Gasteiger partial charge in [-0.2, -0.15) is 0 Å². The van der Waals surface area contributed by atoms with Crippen LogP contribution in [-0.4, -0.2) is 19.3 Å². The normalized spacial score (nSPS) is 20.0. The Kier molecular flexibility index (Phi) is 4.20. The summed E-state index contributed by atoms with van der Waals surface area (Å²) in [6, 6.07) is 4.23. The summed E-state index contributed by atoms with van der Waals surface area (Å²) in [5, 5.41) is 1.09. The summed E-state index contributed by atoms with van der Waals surface area (Å²) in [6.45, 7) is 8.05. The predicted molar refractivity (Wildman–Crippen MR) is 84.1 cm³/mol. The Morgan fingerprint density at radius 2 is 2.29 bits per heavy atom. The minimum Gasteiger partial charge on any atom is -0.490 e. The van der Waals surface area contributed by atoms with Gasteiger partial charge in [-0.15, -0.1) is 0 Å². The maximum Gasteiger partial charge on any atom is 0.141 e. The van der Waals surface area contributed by atoms with E-state index in [9.17, 15) is 0 Å². The molecule has 0 spiro atoms. The van der Waals surface area contributed by atoms with E-state index in [1.807, 2.05) is 6.07 Å². The van der Waals surface area contributed by atoms with E-state index >= 15 is 0 Å². The van der Waals surface area contributed by atoms with E-state index in [4.69, 9.17) is 13.9 Å². The molecule has 0 bridgehead atoms. The van der Waals surface area contributed by atoms with Crippen LogP contribution < -0.4 is 4.74 Å². The van der Waals surface area contributed by atoms with Crippen LogP contribution in [-0.2, 0) is 4.74 Å². The molecular formula is C18H24O3. The van der Waals surface area contributed by atoms with Crippen LogP contribution in [0.25, 0.3) is 11.0 Å². The van der Waals surface area contributed by atoms with Gasteiger partial charge in [-0.3, -0.25) is 0 Å². The summed E-state index contributed by atoms with van der Waals surface area (Å²) in [7, 11) is 0. The van der Waals surface area contributed by atoms with Crippen LogP contribution in [0.1, 0.15) is 50.2 Å². The van der Waals surface area contributed by atoms with E-state index in [1.54, 1.807) is 6.26 Å². The Hall–Kier alpha value is -1.48. The van der Waals surface area contributed by atoms with Crippen molar-refractivity contribution in [2.45, 2.75) is 52.1 Å². The highest BCUT2D eigenvalue weighted by atomic mass is 16.5. The topological polar surface area (TPSA) is 31.6 Å². The second kappa shape index (κ2) is 6.10. The Labute approximate surface area is 126 Å². The van der Waals surface area contributed by atoms with Crippen molar-refractivity contribution in [1.82, 2.24) is 0 Å². The number of ether oxygens (including phenoxy) is 2. The van der Waals surface area contributed by atoms with Crippen molar-refractivity contribution < 1.29 is 13.9 Å². The molecule has 21 heavy (non-hydrogen) atoms. The van der Waals surface area contributed by atoms with Gasteiger partial charge in [-0.1, -0.05) is 13.8 Å². The third-order valence-electron chi connectivity index (χ3n) is 4.48. The Morgan fingerprint density at radius 1 is 1.43 bits per heavy atom. The van der Waals surface area contributed by atoms with Gasteiger partial charge in [-0.25, -0.2) is 0 Å². The van der Waals surface area contributed by atoms with Crippen LogP contribution in [0.2, 0.25) is 0 Å². The number of fused-ring (bicyclic) bond motifs is 1. The third-order valence-corrected chi connectivity index (χ3v) is 4.48. The lowest BCUT2D eigenvalue weighted by molar-refractivity contribution is 0.0682. The first-order valence-corrected chi connectivity index (χ1v) is 7.95. The zero-order valence-corrected chi connectivity index (χ0v) is 13.1. The summed E-state index contributed by atoms with van der Waals surface area (Å²) in [4.78, 5) is 0. The van der Waals surface area contributed by atoms with Gasteiger partial charge in [0.15, 0.2) is 0 Å². The van der Waals surface area contributed by atoms with Crippen molar-refractivity contribution in [3.63, 3.8) is 0 Å². The molecule has 2 heterocycles. The average Bonchev–Trinajstić information content (AvgIpc) is 3.15. The van der Waals surface area contributed by atoms with Crippen molar-refractivity contribution in [2.75, 3.05) is 13.2 Å². The fourth-order valence-electron chi connectivity index (χ4n) is 3.02. The van der Waals surface area contributed by atoms with E-state index in [-0.39, 0.29) is 6.10 Å². The van der Waals surface area contributed by atoms with Crippen LogP contribution in [0.15, 0.2) is 22.8 Å². The summed E-state index contributed by atoms with van der Waals surface area (Å²) >= 11 is 0. The molecule has 0 aliphatic carbocycles. The molecule has 0 amide bonds. The molecule has 3 nitrogen and oxygen atoms in total. The summed E-state index contributed by atoms with van der Waals surface area (Å²) < 4.78 is 17.4. The highest BCUT2D eigenvalue weighted by Crippen LogP contribution is 2.37. The van der Waals surface area contributed by atoms with Crippen LogP contribution in [0.3, 0.4) is 0 Å². The highest BCUT2D eigenvalue weighted by molar-refractivity contribution is 5.88. The quantitative estimate of drug-likeness (QED) is 0.791. The van der Waals surface area contributed by atoms with Crippen LogP contribution in [0, 0.1) is 6.92 Å². The summed E-state index contributed by atoms with van der Waals surface area (Å²) in [6.07, 6.45) is 5.33. The molecule has 1 aliphatic rings. The SMILES string of the molecule is CCC(C)c1cc(C)c(OCC2CCCO2)c2ccoc12. The molecule has 1 aromatic heterocycles. The van der Waals surface area contributed by atoms with Crippen LogP contribution in [0.4, 0.5) is 0 Å². The van der Waals surface area contributed by atoms with E-state index in [0.29, 0.717) is 12.5 Å². The van der Waals surface area contributed by atoms with Crippen molar-refractivity contribution in [3.8, 4) is 5.75 Å². The van der Waals surface area contributed by atoms with Gasteiger partial charge < -0.3 is 13.9 Å². The molecular weight excluding hydrogens is 264 g/mol. The molecule has 2 unspecified atom stereocenters. The third kappa shape index (κ3) is 2.80. The minimum absolute atomic E-state index is 0.237. The minimum atomic E-state index is 0.237. The predicted octanol–water partition coefficient (Wildman–Crippen LogP) is 4.81. The van der Waals surface area contributed by atoms with Crippen molar-refractivity contribution >= 4 is 11.0 Å². The number of benzene rings is 1. The van der Waals surface area contributed by atoms with Crippen LogP contribution in [0.5, 0.6) is 5.75 Å². The standard InChI is InChI=1S/C18H24O3/c1-4-12(2)16-10-13(3)17(15-7-9-20-18(15)16)21-11-14-6-5-8-19-14/h7,9-10,12,14H,4-6,8,11H2,1-3H3. The number of aryl methyl sites for hydroxylation is 1. The Morgan fingerprint density at radius 3 is 3.00 bits per heavy atom. The fraction of sp³-hybridized carbons (Fsp3) is 0.556. The van der Waals surface area contributed by atoms with E-state index in [1.165, 1.54) is 11.1 Å². The second-order valence-electron chi connectivity index (χ2n) is 6.03.